The highest BCUT2D eigenvalue weighted by Crippen LogP contribution is 2.44. The molecular weight excluding hydrogens is 342 g/mol. The second-order valence-electron chi connectivity index (χ2n) is 7.20. The Balaban J connectivity index is 2.00. The minimum absolute atomic E-state index is 0.00134. The van der Waals surface area contributed by atoms with E-state index in [1.54, 1.807) is 9.47 Å². The summed E-state index contributed by atoms with van der Waals surface area (Å²) in [5.74, 6) is -0.227. The van der Waals surface area contributed by atoms with Gasteiger partial charge in [0.15, 0.2) is 11.6 Å². The van der Waals surface area contributed by atoms with E-state index in [-0.39, 0.29) is 55.7 Å². The van der Waals surface area contributed by atoms with Gasteiger partial charge in [-0.1, -0.05) is 0 Å². The molecule has 0 bridgehead atoms. The zero-order valence-electron chi connectivity index (χ0n) is 14.6. The molecule has 0 saturated carbocycles. The van der Waals surface area contributed by atoms with Gasteiger partial charge in [0.2, 0.25) is 0 Å². The molecule has 0 unspecified atom stereocenters. The van der Waals surface area contributed by atoms with Gasteiger partial charge >= 0.3 is 0 Å². The third-order valence-corrected chi connectivity index (χ3v) is 5.42. The lowest BCUT2D eigenvalue weighted by Crippen LogP contribution is -2.37. The zero-order valence-corrected chi connectivity index (χ0v) is 14.6. The predicted molar refractivity (Wildman–Crippen MR) is 96.0 cm³/mol. The second-order valence-corrected chi connectivity index (χ2v) is 7.20. The van der Waals surface area contributed by atoms with Crippen LogP contribution in [0.2, 0.25) is 0 Å². The molecule has 1 fully saturated rings. The van der Waals surface area contributed by atoms with Crippen molar-refractivity contribution in [1.82, 2.24) is 4.57 Å². The van der Waals surface area contributed by atoms with Crippen molar-refractivity contribution in [3.63, 3.8) is 0 Å². The van der Waals surface area contributed by atoms with Crippen molar-refractivity contribution in [2.45, 2.75) is 31.6 Å². The minimum atomic E-state index is -1.55. The van der Waals surface area contributed by atoms with Crippen LogP contribution in [0.5, 0.6) is 5.75 Å². The molecule has 4 N–H and O–H groups in total. The van der Waals surface area contributed by atoms with E-state index in [2.05, 4.69) is 0 Å². The molecule has 6 nitrogen and oxygen atoms in total. The Bertz CT molecular complexity index is 945. The van der Waals surface area contributed by atoms with E-state index in [9.17, 15) is 9.18 Å². The van der Waals surface area contributed by atoms with Crippen LogP contribution in [0, 0.1) is 5.82 Å². The summed E-state index contributed by atoms with van der Waals surface area (Å²) in [5, 5.41) is 0.555. The van der Waals surface area contributed by atoms with Crippen molar-refractivity contribution >= 4 is 16.6 Å². The summed E-state index contributed by atoms with van der Waals surface area (Å²) in [5.41, 5.74) is 10.8. The summed E-state index contributed by atoms with van der Waals surface area (Å²) in [6, 6.07) is 2.63. The van der Waals surface area contributed by atoms with Crippen LogP contribution in [-0.2, 0) is 6.54 Å². The van der Waals surface area contributed by atoms with E-state index in [4.69, 9.17) is 16.2 Å². The highest BCUT2D eigenvalue weighted by Gasteiger charge is 2.40. The quantitative estimate of drug-likeness (QED) is 0.860. The topological polar surface area (TPSA) is 86.5 Å². The lowest BCUT2D eigenvalue weighted by molar-refractivity contribution is 0.203. The Hall–Kier alpha value is -2.19. The van der Waals surface area contributed by atoms with Crippen molar-refractivity contribution in [2.24, 2.45) is 11.5 Å². The average Bonchev–Trinajstić information content (AvgIpc) is 3.01. The molecule has 1 saturated heterocycles. The molecular formula is C18H22F2N4O2. The van der Waals surface area contributed by atoms with Gasteiger partial charge in [-0.25, -0.2) is 8.78 Å². The number of anilines is 1. The van der Waals surface area contributed by atoms with Gasteiger partial charge in [-0.3, -0.25) is 9.36 Å². The lowest BCUT2D eigenvalue weighted by atomic mass is 10.0. The molecule has 1 aromatic heterocycles. The number of rotatable bonds is 3. The van der Waals surface area contributed by atoms with Gasteiger partial charge in [-0.05, 0) is 18.6 Å². The lowest BCUT2D eigenvalue weighted by Gasteiger charge is -2.31. The SMILES string of the molecule is C[C@H]1COc2c(N3CC[C@](F)(CN)C3)c(F)cc3c(CN)cc(=O)n1c23. The highest BCUT2D eigenvalue weighted by atomic mass is 19.1. The molecule has 26 heavy (non-hydrogen) atoms. The Morgan fingerprint density at radius 3 is 2.81 bits per heavy atom. The maximum Gasteiger partial charge on any atom is 0.251 e. The molecule has 2 aliphatic rings. The minimum Gasteiger partial charge on any atom is -0.487 e. The maximum atomic E-state index is 15.0. The molecule has 0 radical (unpaired) electrons. The van der Waals surface area contributed by atoms with Crippen LogP contribution in [0.25, 0.3) is 10.9 Å². The van der Waals surface area contributed by atoms with Gasteiger partial charge in [-0.15, -0.1) is 0 Å². The van der Waals surface area contributed by atoms with Gasteiger partial charge in [0.25, 0.3) is 5.56 Å². The summed E-state index contributed by atoms with van der Waals surface area (Å²) in [6.45, 7) is 2.44. The molecule has 2 atom stereocenters. The number of hydrogen-bond donors (Lipinski definition) is 2. The summed E-state index contributed by atoms with van der Waals surface area (Å²) >= 11 is 0. The number of alkyl halides is 1. The van der Waals surface area contributed by atoms with Gasteiger partial charge in [0.1, 0.15) is 18.0 Å². The first-order valence-corrected chi connectivity index (χ1v) is 8.76. The number of pyridine rings is 1. The summed E-state index contributed by atoms with van der Waals surface area (Å²) in [4.78, 5) is 14.2. The van der Waals surface area contributed by atoms with Gasteiger partial charge in [0, 0.05) is 37.5 Å². The number of aromatic nitrogens is 1. The first-order valence-electron chi connectivity index (χ1n) is 8.76. The van der Waals surface area contributed by atoms with Crippen LogP contribution in [0.15, 0.2) is 16.9 Å². The molecule has 8 heteroatoms. The van der Waals surface area contributed by atoms with Crippen LogP contribution in [0.3, 0.4) is 0 Å². The molecule has 0 aliphatic carbocycles. The van der Waals surface area contributed by atoms with Crippen LogP contribution in [0.1, 0.15) is 24.9 Å². The van der Waals surface area contributed by atoms with E-state index in [1.165, 1.54) is 12.1 Å². The first-order chi connectivity index (χ1) is 12.4. The van der Waals surface area contributed by atoms with E-state index in [0.29, 0.717) is 23.0 Å². The molecule has 2 aliphatic heterocycles. The molecule has 2 aromatic rings. The fourth-order valence-corrected chi connectivity index (χ4v) is 4.01. The second kappa shape index (κ2) is 5.92. The van der Waals surface area contributed by atoms with E-state index in [0.717, 1.165) is 0 Å². The molecule has 0 amide bonds. The van der Waals surface area contributed by atoms with E-state index >= 15 is 4.39 Å². The summed E-state index contributed by atoms with van der Waals surface area (Å²) < 4.78 is 37.1. The summed E-state index contributed by atoms with van der Waals surface area (Å²) in [7, 11) is 0. The molecule has 1 aromatic carbocycles. The number of hydrogen-bond acceptors (Lipinski definition) is 5. The number of nitrogens with two attached hydrogens (primary N) is 2. The molecule has 4 rings (SSSR count). The van der Waals surface area contributed by atoms with Crippen molar-refractivity contribution in [2.75, 3.05) is 31.1 Å². The monoisotopic (exact) mass is 364 g/mol. The van der Waals surface area contributed by atoms with Gasteiger partial charge in [-0.2, -0.15) is 0 Å². The number of nitrogens with zero attached hydrogens (tertiary/aromatic N) is 2. The first kappa shape index (κ1) is 17.2. The fraction of sp³-hybridized carbons (Fsp3) is 0.500. The third-order valence-electron chi connectivity index (χ3n) is 5.42. The van der Waals surface area contributed by atoms with Crippen LogP contribution < -0.4 is 26.7 Å². The van der Waals surface area contributed by atoms with Crippen molar-refractivity contribution in [3.8, 4) is 5.75 Å². The normalized spacial score (nSPS) is 25.0. The number of halogens is 2. The van der Waals surface area contributed by atoms with Crippen molar-refractivity contribution < 1.29 is 13.5 Å². The Labute approximate surface area is 149 Å². The molecule has 3 heterocycles. The van der Waals surface area contributed by atoms with Gasteiger partial charge in [0.05, 0.1) is 18.1 Å². The Morgan fingerprint density at radius 2 is 2.15 bits per heavy atom. The van der Waals surface area contributed by atoms with Crippen LogP contribution >= 0.6 is 0 Å². The Kier molecular flexibility index (Phi) is 3.92. The smallest absolute Gasteiger partial charge is 0.251 e. The predicted octanol–water partition coefficient (Wildman–Crippen LogP) is 1.43. The van der Waals surface area contributed by atoms with Crippen LogP contribution in [0.4, 0.5) is 14.5 Å². The third kappa shape index (κ3) is 2.39. The van der Waals surface area contributed by atoms with Gasteiger partial charge < -0.3 is 21.1 Å². The van der Waals surface area contributed by atoms with Crippen molar-refractivity contribution in [1.29, 1.82) is 0 Å². The number of ether oxygens (including phenoxy) is 1. The molecule has 0 spiro atoms. The van der Waals surface area contributed by atoms with Crippen LogP contribution in [-0.4, -0.2) is 36.5 Å². The average molecular weight is 364 g/mol. The Morgan fingerprint density at radius 1 is 1.38 bits per heavy atom. The van der Waals surface area contributed by atoms with Crippen molar-refractivity contribution in [3.05, 3.63) is 33.9 Å². The fourth-order valence-electron chi connectivity index (χ4n) is 4.01. The standard InChI is InChI=1S/C18H22F2N4O2/c1-10-7-26-17-15-12(11(6-21)4-14(25)24(10)15)5-13(19)16(17)23-3-2-18(20,8-22)9-23/h4-5,10H,2-3,6-9,21-22H2,1H3/t10-,18-/m0/s1. The van der Waals surface area contributed by atoms with E-state index in [1.807, 2.05) is 6.92 Å². The summed E-state index contributed by atoms with van der Waals surface area (Å²) in [6.07, 6.45) is 0.229. The maximum absolute atomic E-state index is 15.0. The highest BCUT2D eigenvalue weighted by molar-refractivity contribution is 5.94. The largest absolute Gasteiger partial charge is 0.487 e. The molecule has 140 valence electrons. The van der Waals surface area contributed by atoms with E-state index < -0.39 is 11.5 Å². The zero-order chi connectivity index (χ0) is 18.6. The number of benzene rings is 1.